The number of hydrogen-bond donors (Lipinski definition) is 2. The third kappa shape index (κ3) is 3.55. The van der Waals surface area contributed by atoms with Gasteiger partial charge < -0.3 is 15.3 Å². The number of thiazole rings is 1. The van der Waals surface area contributed by atoms with Crippen LogP contribution < -0.4 is 5.32 Å². The van der Waals surface area contributed by atoms with Crippen LogP contribution >= 0.6 is 11.3 Å². The lowest BCUT2D eigenvalue weighted by Gasteiger charge is -2.20. The molecule has 0 unspecified atom stereocenters. The van der Waals surface area contributed by atoms with Crippen LogP contribution in [-0.2, 0) is 0 Å². The Labute approximate surface area is 121 Å². The van der Waals surface area contributed by atoms with Gasteiger partial charge in [-0.3, -0.25) is 4.79 Å². The standard InChI is InChI=1S/C14H17N3O2S/c1-2-17(7-8-18)13(19)11-4-3-5-12(10-11)16-14-15-6-9-20-14/h3-6,9-10,18H,2,7-8H2,1H3,(H,15,16). The third-order valence-electron chi connectivity index (χ3n) is 2.83. The summed E-state index contributed by atoms with van der Waals surface area (Å²) >= 11 is 1.50. The zero-order valence-electron chi connectivity index (χ0n) is 11.2. The largest absolute Gasteiger partial charge is 0.395 e. The van der Waals surface area contributed by atoms with E-state index in [9.17, 15) is 4.79 Å². The number of aliphatic hydroxyl groups excluding tert-OH is 1. The Morgan fingerprint density at radius 2 is 2.35 bits per heavy atom. The number of carbonyl (C=O) groups excluding carboxylic acids is 1. The van der Waals surface area contributed by atoms with Crippen molar-refractivity contribution in [3.05, 3.63) is 41.4 Å². The molecular weight excluding hydrogens is 274 g/mol. The highest BCUT2D eigenvalue weighted by Gasteiger charge is 2.13. The molecule has 0 aliphatic rings. The van der Waals surface area contributed by atoms with Crippen molar-refractivity contribution in [2.45, 2.75) is 6.92 Å². The molecule has 0 radical (unpaired) electrons. The minimum absolute atomic E-state index is 0.0311. The number of nitrogens with zero attached hydrogens (tertiary/aromatic N) is 2. The van der Waals surface area contributed by atoms with Gasteiger partial charge in [0.25, 0.3) is 5.91 Å². The highest BCUT2D eigenvalue weighted by molar-refractivity contribution is 7.13. The van der Waals surface area contributed by atoms with Crippen molar-refractivity contribution in [1.29, 1.82) is 0 Å². The Bertz CT molecular complexity index is 557. The number of carbonyl (C=O) groups is 1. The fourth-order valence-electron chi connectivity index (χ4n) is 1.85. The lowest BCUT2D eigenvalue weighted by atomic mass is 10.1. The van der Waals surface area contributed by atoms with Crippen molar-refractivity contribution in [2.24, 2.45) is 0 Å². The molecule has 0 aliphatic carbocycles. The van der Waals surface area contributed by atoms with Gasteiger partial charge in [-0.2, -0.15) is 0 Å². The molecule has 20 heavy (non-hydrogen) atoms. The summed E-state index contributed by atoms with van der Waals surface area (Å²) in [6.45, 7) is 2.78. The molecule has 5 nitrogen and oxygen atoms in total. The minimum atomic E-state index is -0.0793. The van der Waals surface area contributed by atoms with Crippen LogP contribution in [0.25, 0.3) is 0 Å². The molecule has 0 atom stereocenters. The van der Waals surface area contributed by atoms with Crippen LogP contribution in [0.5, 0.6) is 0 Å². The zero-order valence-corrected chi connectivity index (χ0v) is 12.1. The average molecular weight is 291 g/mol. The van der Waals surface area contributed by atoms with Crippen LogP contribution in [0.1, 0.15) is 17.3 Å². The lowest BCUT2D eigenvalue weighted by Crippen LogP contribution is -2.33. The predicted molar refractivity (Wildman–Crippen MR) is 80.5 cm³/mol. The molecule has 1 heterocycles. The molecule has 2 rings (SSSR count). The van der Waals surface area contributed by atoms with Crippen LogP contribution in [0.3, 0.4) is 0 Å². The number of rotatable bonds is 6. The van der Waals surface area contributed by atoms with E-state index in [1.807, 2.05) is 24.4 Å². The van der Waals surface area contributed by atoms with Crippen LogP contribution in [0.15, 0.2) is 35.8 Å². The van der Waals surface area contributed by atoms with E-state index in [0.29, 0.717) is 18.7 Å². The van der Waals surface area contributed by atoms with Gasteiger partial charge in [-0.1, -0.05) is 6.07 Å². The van der Waals surface area contributed by atoms with Crippen molar-refractivity contribution in [3.63, 3.8) is 0 Å². The van der Waals surface area contributed by atoms with E-state index < -0.39 is 0 Å². The molecule has 2 aromatic rings. The van der Waals surface area contributed by atoms with Crippen LogP contribution in [0.2, 0.25) is 0 Å². The molecule has 1 aromatic carbocycles. The Morgan fingerprint density at radius 1 is 1.50 bits per heavy atom. The van der Waals surface area contributed by atoms with Gasteiger partial charge in [0.1, 0.15) is 0 Å². The van der Waals surface area contributed by atoms with Crippen molar-refractivity contribution in [1.82, 2.24) is 9.88 Å². The van der Waals surface area contributed by atoms with E-state index in [1.54, 1.807) is 23.2 Å². The molecule has 0 fully saturated rings. The Morgan fingerprint density at radius 3 is 3.00 bits per heavy atom. The zero-order chi connectivity index (χ0) is 14.4. The first kappa shape index (κ1) is 14.5. The fourth-order valence-corrected chi connectivity index (χ4v) is 2.39. The second-order valence-corrected chi connectivity index (χ2v) is 5.05. The number of nitrogens with one attached hydrogen (secondary N) is 1. The van der Waals surface area contributed by atoms with E-state index >= 15 is 0 Å². The van der Waals surface area contributed by atoms with E-state index in [4.69, 9.17) is 5.11 Å². The number of anilines is 2. The number of aromatic nitrogens is 1. The number of amides is 1. The summed E-state index contributed by atoms with van der Waals surface area (Å²) in [6, 6.07) is 7.29. The molecule has 0 saturated heterocycles. The molecule has 6 heteroatoms. The third-order valence-corrected chi connectivity index (χ3v) is 3.52. The van der Waals surface area contributed by atoms with Gasteiger partial charge in [0.05, 0.1) is 6.61 Å². The molecule has 0 saturated carbocycles. The second kappa shape index (κ2) is 7.02. The van der Waals surface area contributed by atoms with Crippen molar-refractivity contribution >= 4 is 28.1 Å². The smallest absolute Gasteiger partial charge is 0.253 e. The maximum atomic E-state index is 12.3. The lowest BCUT2D eigenvalue weighted by molar-refractivity contribution is 0.0732. The van der Waals surface area contributed by atoms with Gasteiger partial charge in [-0.15, -0.1) is 11.3 Å². The maximum Gasteiger partial charge on any atom is 0.253 e. The predicted octanol–water partition coefficient (Wildman–Crippen LogP) is 2.34. The normalized spacial score (nSPS) is 10.3. The van der Waals surface area contributed by atoms with E-state index in [0.717, 1.165) is 10.8 Å². The van der Waals surface area contributed by atoms with Crippen LogP contribution in [0.4, 0.5) is 10.8 Å². The SMILES string of the molecule is CCN(CCO)C(=O)c1cccc(Nc2nccs2)c1. The van der Waals surface area contributed by atoms with Gasteiger partial charge >= 0.3 is 0 Å². The molecular formula is C14H17N3O2S. The summed E-state index contributed by atoms with van der Waals surface area (Å²) in [5.41, 5.74) is 1.42. The van der Waals surface area contributed by atoms with Crippen molar-refractivity contribution in [2.75, 3.05) is 25.0 Å². The van der Waals surface area contributed by atoms with E-state index in [-0.39, 0.29) is 12.5 Å². The quantitative estimate of drug-likeness (QED) is 0.857. The minimum Gasteiger partial charge on any atom is -0.395 e. The van der Waals surface area contributed by atoms with E-state index in [2.05, 4.69) is 10.3 Å². The van der Waals surface area contributed by atoms with Gasteiger partial charge in [0.2, 0.25) is 0 Å². The highest BCUT2D eigenvalue weighted by atomic mass is 32.1. The first-order valence-electron chi connectivity index (χ1n) is 6.41. The second-order valence-electron chi connectivity index (χ2n) is 4.15. The number of likely N-dealkylation sites (N-methyl/N-ethyl adjacent to an activating group) is 1. The molecule has 1 amide bonds. The summed E-state index contributed by atoms with van der Waals surface area (Å²) in [5, 5.41) is 14.8. The molecule has 106 valence electrons. The molecule has 0 bridgehead atoms. The monoisotopic (exact) mass is 291 g/mol. The first-order valence-corrected chi connectivity index (χ1v) is 7.29. The summed E-state index contributed by atoms with van der Waals surface area (Å²) in [6.07, 6.45) is 1.72. The molecule has 2 N–H and O–H groups in total. The maximum absolute atomic E-state index is 12.3. The van der Waals surface area contributed by atoms with Crippen LogP contribution in [0, 0.1) is 0 Å². The summed E-state index contributed by atoms with van der Waals surface area (Å²) in [5.74, 6) is -0.0793. The van der Waals surface area contributed by atoms with Crippen molar-refractivity contribution < 1.29 is 9.90 Å². The highest BCUT2D eigenvalue weighted by Crippen LogP contribution is 2.20. The number of hydrogen-bond acceptors (Lipinski definition) is 5. The Hall–Kier alpha value is -1.92. The summed E-state index contributed by atoms with van der Waals surface area (Å²) < 4.78 is 0. The average Bonchev–Trinajstić information content (AvgIpc) is 2.97. The summed E-state index contributed by atoms with van der Waals surface area (Å²) in [4.78, 5) is 18.1. The van der Waals surface area contributed by atoms with Gasteiger partial charge in [0.15, 0.2) is 5.13 Å². The Kier molecular flexibility index (Phi) is 5.09. The first-order chi connectivity index (χ1) is 9.74. The molecule has 0 aliphatic heterocycles. The van der Waals surface area contributed by atoms with Crippen molar-refractivity contribution in [3.8, 4) is 0 Å². The van der Waals surface area contributed by atoms with Crippen LogP contribution in [-0.4, -0.2) is 40.6 Å². The Balaban J connectivity index is 2.14. The van der Waals surface area contributed by atoms with Gasteiger partial charge in [0, 0.05) is 35.9 Å². The fraction of sp³-hybridized carbons (Fsp3) is 0.286. The number of aliphatic hydroxyl groups is 1. The van der Waals surface area contributed by atoms with Gasteiger partial charge in [-0.25, -0.2) is 4.98 Å². The topological polar surface area (TPSA) is 65.5 Å². The molecule has 1 aromatic heterocycles. The molecule has 0 spiro atoms. The number of benzene rings is 1. The van der Waals surface area contributed by atoms with E-state index in [1.165, 1.54) is 11.3 Å². The summed E-state index contributed by atoms with van der Waals surface area (Å²) in [7, 11) is 0. The van der Waals surface area contributed by atoms with Gasteiger partial charge in [-0.05, 0) is 25.1 Å².